The Morgan fingerprint density at radius 1 is 0.873 bits per heavy atom. The fourth-order valence-corrected chi connectivity index (χ4v) is 7.58. The number of hydrogen-bond acceptors (Lipinski definition) is 11. The smallest absolute Gasteiger partial charge is 0.407 e. The van der Waals surface area contributed by atoms with E-state index < -0.39 is 23.2 Å². The molecule has 5 aromatic rings. The first kappa shape index (κ1) is 46.1. The standard InChI is InChI=1S/C48H54ClN5O9/c1-9-19-60-36-16-14-34(15-17-36)54(35-27-50-45(51-28-35)62-23-21-59-20-22-61-43-12-10-11-32-29-53(46(57)58)30-40(32)43)48(6,7)26-42(55)38-25-41(52(8)31(38)2)39-24-33(49)13-18-37(39)44(56)63-47(3,4)5/h9-18,24-25,27-28H,1,19-23,26,29-30H2,2-8H3,(H,57,58). The monoisotopic (exact) mass is 879 g/mol. The molecule has 63 heavy (non-hydrogen) atoms. The minimum absolute atomic E-state index is 0.0906. The summed E-state index contributed by atoms with van der Waals surface area (Å²) < 4.78 is 30.8. The molecule has 1 N–H and O–H groups in total. The number of nitrogens with zero attached hydrogens (tertiary/aromatic N) is 5. The van der Waals surface area contributed by atoms with Gasteiger partial charge in [0.2, 0.25) is 0 Å². The minimum atomic E-state index is -0.963. The normalized spacial score (nSPS) is 12.4. The number of aromatic nitrogens is 3. The van der Waals surface area contributed by atoms with E-state index in [4.69, 9.17) is 35.3 Å². The molecule has 0 unspecified atom stereocenters. The summed E-state index contributed by atoms with van der Waals surface area (Å²) >= 11 is 6.45. The Hall–Kier alpha value is -6.38. The number of halogens is 1. The number of amides is 1. The maximum Gasteiger partial charge on any atom is 0.407 e. The van der Waals surface area contributed by atoms with Crippen molar-refractivity contribution in [2.45, 2.75) is 72.2 Å². The maximum atomic E-state index is 14.4. The van der Waals surface area contributed by atoms with Crippen LogP contribution in [0.1, 0.15) is 78.6 Å². The van der Waals surface area contributed by atoms with Crippen molar-refractivity contribution in [1.82, 2.24) is 19.4 Å². The van der Waals surface area contributed by atoms with Crippen LogP contribution in [0, 0.1) is 6.92 Å². The molecule has 15 heteroatoms. The highest BCUT2D eigenvalue weighted by molar-refractivity contribution is 6.31. The van der Waals surface area contributed by atoms with Crippen molar-refractivity contribution in [3.05, 3.63) is 125 Å². The van der Waals surface area contributed by atoms with Gasteiger partial charge in [-0.15, -0.1) is 0 Å². The molecule has 0 spiro atoms. The van der Waals surface area contributed by atoms with Crippen LogP contribution in [-0.4, -0.2) is 86.6 Å². The second-order valence-corrected chi connectivity index (χ2v) is 17.1. The molecule has 1 amide bonds. The molecular formula is C48H54ClN5O9. The first-order valence-corrected chi connectivity index (χ1v) is 20.9. The molecule has 14 nitrogen and oxygen atoms in total. The lowest BCUT2D eigenvalue weighted by Crippen LogP contribution is -2.42. The number of rotatable bonds is 19. The molecule has 0 atom stereocenters. The fourth-order valence-electron chi connectivity index (χ4n) is 7.41. The van der Waals surface area contributed by atoms with Crippen LogP contribution in [0.25, 0.3) is 11.3 Å². The van der Waals surface area contributed by atoms with Gasteiger partial charge < -0.3 is 38.3 Å². The topological polar surface area (TPSA) is 155 Å². The van der Waals surface area contributed by atoms with Crippen LogP contribution < -0.4 is 19.1 Å². The van der Waals surface area contributed by atoms with Crippen LogP contribution in [-0.2, 0) is 29.6 Å². The van der Waals surface area contributed by atoms with Gasteiger partial charge in [0.15, 0.2) is 5.78 Å². The fraction of sp³-hybridized carbons (Fsp3) is 0.354. The Morgan fingerprint density at radius 2 is 1.57 bits per heavy atom. The summed E-state index contributed by atoms with van der Waals surface area (Å²) in [6, 6.07) is 20.1. The lowest BCUT2D eigenvalue weighted by Gasteiger charge is -2.40. The summed E-state index contributed by atoms with van der Waals surface area (Å²) in [7, 11) is 1.85. The lowest BCUT2D eigenvalue weighted by atomic mass is 9.91. The number of carbonyl (C=O) groups excluding carboxylic acids is 2. The van der Waals surface area contributed by atoms with Crippen LogP contribution in [0.15, 0.2) is 91.8 Å². The predicted molar refractivity (Wildman–Crippen MR) is 241 cm³/mol. The SMILES string of the molecule is C=CCOc1ccc(N(c2cnc(OCCOCCOc3cccc4c3CN(C(=O)O)C4)nc2)C(C)(C)CC(=O)c2cc(-c3cc(Cl)ccc3C(=O)OC(C)(C)C)n(C)c2C)cc1. The quantitative estimate of drug-likeness (QED) is 0.0364. The van der Waals surface area contributed by atoms with Crippen LogP contribution in [0.5, 0.6) is 17.5 Å². The number of carbonyl (C=O) groups is 3. The van der Waals surface area contributed by atoms with E-state index in [2.05, 4.69) is 16.5 Å². The zero-order chi connectivity index (χ0) is 45.5. The third-order valence-electron chi connectivity index (χ3n) is 10.4. The van der Waals surface area contributed by atoms with Gasteiger partial charge in [-0.3, -0.25) is 9.69 Å². The predicted octanol–water partition coefficient (Wildman–Crippen LogP) is 9.62. The van der Waals surface area contributed by atoms with Crippen LogP contribution >= 0.6 is 11.6 Å². The number of ketones is 1. The van der Waals surface area contributed by atoms with Crippen LogP contribution in [0.2, 0.25) is 5.02 Å². The van der Waals surface area contributed by atoms with Gasteiger partial charge in [0.05, 0.1) is 43.4 Å². The molecule has 3 aromatic carbocycles. The highest BCUT2D eigenvalue weighted by Crippen LogP contribution is 2.38. The Kier molecular flexibility index (Phi) is 14.5. The number of ether oxygens (including phenoxy) is 5. The van der Waals surface area contributed by atoms with E-state index in [-0.39, 0.29) is 38.0 Å². The summed E-state index contributed by atoms with van der Waals surface area (Å²) in [5.74, 6) is 0.713. The number of anilines is 2. The molecule has 6 rings (SSSR count). The zero-order valence-electron chi connectivity index (χ0n) is 36.8. The first-order chi connectivity index (χ1) is 30.0. The zero-order valence-corrected chi connectivity index (χ0v) is 37.5. The summed E-state index contributed by atoms with van der Waals surface area (Å²) in [6.07, 6.45) is 4.10. The number of hydrogen-bond donors (Lipinski definition) is 1. The van der Waals surface area contributed by atoms with Crippen molar-refractivity contribution in [2.75, 3.05) is 37.9 Å². The van der Waals surface area contributed by atoms with Gasteiger partial charge in [0.1, 0.15) is 36.9 Å². The molecule has 0 fully saturated rings. The van der Waals surface area contributed by atoms with E-state index in [0.717, 1.165) is 22.5 Å². The van der Waals surface area contributed by atoms with Crippen molar-refractivity contribution >= 4 is 40.8 Å². The van der Waals surface area contributed by atoms with Gasteiger partial charge in [-0.25, -0.2) is 19.6 Å². The number of carboxylic acid groups (broad SMARTS) is 1. The Balaban J connectivity index is 1.14. The Bertz CT molecular complexity index is 2440. The van der Waals surface area contributed by atoms with Crippen molar-refractivity contribution in [2.24, 2.45) is 7.05 Å². The first-order valence-electron chi connectivity index (χ1n) is 20.6. The molecule has 1 aliphatic rings. The van der Waals surface area contributed by atoms with E-state index >= 15 is 0 Å². The van der Waals surface area contributed by atoms with E-state index in [9.17, 15) is 19.5 Å². The molecule has 0 aliphatic carbocycles. The molecular weight excluding hydrogens is 826 g/mol. The van der Waals surface area contributed by atoms with Gasteiger partial charge in [-0.1, -0.05) is 36.4 Å². The molecule has 0 saturated heterocycles. The lowest BCUT2D eigenvalue weighted by molar-refractivity contribution is 0.00701. The number of benzene rings is 3. The van der Waals surface area contributed by atoms with E-state index in [0.29, 0.717) is 70.9 Å². The Labute approximate surface area is 373 Å². The molecule has 1 aliphatic heterocycles. The summed E-state index contributed by atoms with van der Waals surface area (Å²) in [4.78, 5) is 51.5. The van der Waals surface area contributed by atoms with Gasteiger partial charge in [0.25, 0.3) is 0 Å². The summed E-state index contributed by atoms with van der Waals surface area (Å²) in [5.41, 5.74) is 4.47. The average Bonchev–Trinajstić information content (AvgIpc) is 3.81. The number of fused-ring (bicyclic) bond motifs is 1. The maximum absolute atomic E-state index is 14.4. The molecule has 0 bridgehead atoms. The molecule has 332 valence electrons. The van der Waals surface area contributed by atoms with Gasteiger partial charge >= 0.3 is 18.1 Å². The van der Waals surface area contributed by atoms with Crippen LogP contribution in [0.3, 0.4) is 0 Å². The summed E-state index contributed by atoms with van der Waals surface area (Å²) in [6.45, 7) is 17.0. The largest absolute Gasteiger partial charge is 0.491 e. The van der Waals surface area contributed by atoms with E-state index in [1.165, 1.54) is 4.90 Å². The number of Topliss-reactive ketones (excluding diaryl/α,β-unsaturated/α-hetero) is 1. The Morgan fingerprint density at radius 3 is 2.24 bits per heavy atom. The molecule has 3 heterocycles. The van der Waals surface area contributed by atoms with E-state index in [1.54, 1.807) is 42.7 Å². The van der Waals surface area contributed by atoms with Crippen molar-refractivity contribution in [1.29, 1.82) is 0 Å². The summed E-state index contributed by atoms with van der Waals surface area (Å²) in [5, 5.41) is 9.81. The van der Waals surface area contributed by atoms with Gasteiger partial charge in [0, 0.05) is 64.3 Å². The number of esters is 1. The third kappa shape index (κ3) is 11.4. The highest BCUT2D eigenvalue weighted by atomic mass is 35.5. The molecule has 2 aromatic heterocycles. The average molecular weight is 880 g/mol. The van der Waals surface area contributed by atoms with E-state index in [1.807, 2.05) is 101 Å². The third-order valence-corrected chi connectivity index (χ3v) is 10.6. The highest BCUT2D eigenvalue weighted by Gasteiger charge is 2.34. The van der Waals surface area contributed by atoms with Crippen molar-refractivity contribution in [3.8, 4) is 28.8 Å². The minimum Gasteiger partial charge on any atom is -0.491 e. The van der Waals surface area contributed by atoms with Crippen LogP contribution in [0.4, 0.5) is 16.2 Å². The van der Waals surface area contributed by atoms with Gasteiger partial charge in [-0.05, 0) is 102 Å². The second kappa shape index (κ2) is 19.8. The van der Waals surface area contributed by atoms with Crippen molar-refractivity contribution < 1.29 is 43.2 Å². The van der Waals surface area contributed by atoms with Crippen molar-refractivity contribution in [3.63, 3.8) is 0 Å². The molecule has 0 radical (unpaired) electrons. The van der Waals surface area contributed by atoms with Gasteiger partial charge in [-0.2, -0.15) is 0 Å². The molecule has 0 saturated carbocycles. The second-order valence-electron chi connectivity index (χ2n) is 16.7.